The molecule has 0 aromatic heterocycles. The Morgan fingerprint density at radius 2 is 2.10 bits per heavy atom. The molecule has 1 aromatic rings. The third-order valence-corrected chi connectivity index (χ3v) is 5.17. The van der Waals surface area contributed by atoms with E-state index in [2.05, 4.69) is 4.72 Å². The number of nitrogens with one attached hydrogen (secondary N) is 1. The van der Waals surface area contributed by atoms with E-state index in [4.69, 9.17) is 5.73 Å². The molecule has 7 nitrogen and oxygen atoms in total. The van der Waals surface area contributed by atoms with Gasteiger partial charge < -0.3 is 5.73 Å². The third kappa shape index (κ3) is 2.91. The summed E-state index contributed by atoms with van der Waals surface area (Å²) in [5.74, 6) is 0. The minimum absolute atomic E-state index is 0.0460. The molecule has 1 aromatic carbocycles. The summed E-state index contributed by atoms with van der Waals surface area (Å²) in [4.78, 5) is 9.86. The molecule has 0 bridgehead atoms. The van der Waals surface area contributed by atoms with Crippen molar-refractivity contribution in [2.45, 2.75) is 31.1 Å². The largest absolute Gasteiger partial charge is 0.399 e. The first-order valence-corrected chi connectivity index (χ1v) is 7.75. The average molecular weight is 299 g/mol. The molecule has 1 saturated carbocycles. The summed E-state index contributed by atoms with van der Waals surface area (Å²) in [6, 6.07) is 3.56. The van der Waals surface area contributed by atoms with Crippen molar-refractivity contribution in [3.63, 3.8) is 0 Å². The van der Waals surface area contributed by atoms with Gasteiger partial charge in [-0.1, -0.05) is 13.3 Å². The van der Waals surface area contributed by atoms with Gasteiger partial charge in [0.2, 0.25) is 10.0 Å². The molecule has 1 fully saturated rings. The summed E-state index contributed by atoms with van der Waals surface area (Å²) in [5, 5.41) is 10.9. The van der Waals surface area contributed by atoms with Crippen LogP contribution in [0.3, 0.4) is 0 Å². The first-order chi connectivity index (χ1) is 9.23. The topological polar surface area (TPSA) is 115 Å². The van der Waals surface area contributed by atoms with Gasteiger partial charge in [-0.3, -0.25) is 10.1 Å². The standard InChI is InChI=1S/C12H17N3O4S/c1-12(5-2-6-12)8-14-20(18,19)11-4-3-9(13)7-10(11)15(16)17/h3-4,7,14H,2,5-6,8,13H2,1H3. The third-order valence-electron chi connectivity index (χ3n) is 3.72. The van der Waals surface area contributed by atoms with Crippen molar-refractivity contribution in [3.8, 4) is 0 Å². The zero-order chi connectivity index (χ0) is 15.0. The highest BCUT2D eigenvalue weighted by atomic mass is 32.2. The van der Waals surface area contributed by atoms with Crippen molar-refractivity contribution in [1.82, 2.24) is 4.72 Å². The lowest BCUT2D eigenvalue weighted by Gasteiger charge is -2.38. The van der Waals surface area contributed by atoms with E-state index in [0.717, 1.165) is 25.3 Å². The molecule has 0 unspecified atom stereocenters. The minimum atomic E-state index is -3.91. The van der Waals surface area contributed by atoms with Gasteiger partial charge in [0.05, 0.1) is 4.92 Å². The molecule has 0 heterocycles. The van der Waals surface area contributed by atoms with Crippen LogP contribution in [-0.4, -0.2) is 19.9 Å². The normalized spacial score (nSPS) is 17.4. The summed E-state index contributed by atoms with van der Waals surface area (Å²) in [6.07, 6.45) is 3.00. The van der Waals surface area contributed by atoms with Crippen molar-refractivity contribution in [2.75, 3.05) is 12.3 Å². The van der Waals surface area contributed by atoms with Gasteiger partial charge in [0.25, 0.3) is 5.69 Å². The van der Waals surface area contributed by atoms with Crippen molar-refractivity contribution >= 4 is 21.4 Å². The molecule has 1 aliphatic rings. The molecule has 0 radical (unpaired) electrons. The van der Waals surface area contributed by atoms with Crippen LogP contribution in [0.1, 0.15) is 26.2 Å². The molecule has 0 aliphatic heterocycles. The summed E-state index contributed by atoms with van der Waals surface area (Å²) >= 11 is 0. The van der Waals surface area contributed by atoms with Crippen molar-refractivity contribution < 1.29 is 13.3 Å². The molecule has 8 heteroatoms. The van der Waals surface area contributed by atoms with E-state index < -0.39 is 20.6 Å². The molecule has 1 aliphatic carbocycles. The van der Waals surface area contributed by atoms with Crippen LogP contribution < -0.4 is 10.5 Å². The van der Waals surface area contributed by atoms with E-state index in [1.807, 2.05) is 6.92 Å². The lowest BCUT2D eigenvalue weighted by molar-refractivity contribution is -0.387. The van der Waals surface area contributed by atoms with Crippen LogP contribution in [0.25, 0.3) is 0 Å². The molecule has 0 spiro atoms. The predicted molar refractivity (Wildman–Crippen MR) is 74.7 cm³/mol. The number of anilines is 1. The van der Waals surface area contributed by atoms with E-state index in [-0.39, 0.29) is 22.5 Å². The minimum Gasteiger partial charge on any atom is -0.399 e. The molecule has 3 N–H and O–H groups in total. The average Bonchev–Trinajstić information content (AvgIpc) is 2.33. The van der Waals surface area contributed by atoms with Crippen LogP contribution in [0.5, 0.6) is 0 Å². The summed E-state index contributed by atoms with van der Waals surface area (Å²) in [5.41, 5.74) is 5.07. The number of nitro benzene ring substituents is 1. The quantitative estimate of drug-likeness (QED) is 0.487. The zero-order valence-corrected chi connectivity index (χ0v) is 11.9. The Bertz CT molecular complexity index is 638. The van der Waals surface area contributed by atoms with Crippen LogP contribution >= 0.6 is 0 Å². The van der Waals surface area contributed by atoms with Crippen LogP contribution in [0.15, 0.2) is 23.1 Å². The molecule has 0 saturated heterocycles. The molecular formula is C12H17N3O4S. The molecule has 0 atom stereocenters. The van der Waals surface area contributed by atoms with Crippen LogP contribution in [-0.2, 0) is 10.0 Å². The number of nitrogen functional groups attached to an aromatic ring is 1. The van der Waals surface area contributed by atoms with Gasteiger partial charge >= 0.3 is 0 Å². The zero-order valence-electron chi connectivity index (χ0n) is 11.1. The number of benzene rings is 1. The van der Waals surface area contributed by atoms with E-state index in [1.165, 1.54) is 12.1 Å². The number of hydrogen-bond acceptors (Lipinski definition) is 5. The molecule has 2 rings (SSSR count). The van der Waals surface area contributed by atoms with Crippen LogP contribution in [0, 0.1) is 15.5 Å². The number of sulfonamides is 1. The van der Waals surface area contributed by atoms with Crippen LogP contribution in [0.4, 0.5) is 11.4 Å². The maximum Gasteiger partial charge on any atom is 0.291 e. The Labute approximate surface area is 117 Å². The smallest absolute Gasteiger partial charge is 0.291 e. The van der Waals surface area contributed by atoms with E-state index in [9.17, 15) is 18.5 Å². The highest BCUT2D eigenvalue weighted by Crippen LogP contribution is 2.39. The van der Waals surface area contributed by atoms with E-state index in [0.29, 0.717) is 0 Å². The fraction of sp³-hybridized carbons (Fsp3) is 0.500. The summed E-state index contributed by atoms with van der Waals surface area (Å²) in [6.45, 7) is 2.28. The van der Waals surface area contributed by atoms with Gasteiger partial charge in [-0.05, 0) is 30.4 Å². The second-order valence-electron chi connectivity index (χ2n) is 5.47. The highest BCUT2D eigenvalue weighted by molar-refractivity contribution is 7.89. The van der Waals surface area contributed by atoms with Crippen molar-refractivity contribution in [2.24, 2.45) is 5.41 Å². The van der Waals surface area contributed by atoms with Gasteiger partial charge in [-0.2, -0.15) is 0 Å². The fourth-order valence-corrected chi connectivity index (χ4v) is 3.56. The summed E-state index contributed by atoms with van der Waals surface area (Å²) < 4.78 is 26.9. The van der Waals surface area contributed by atoms with Gasteiger partial charge in [-0.15, -0.1) is 0 Å². The van der Waals surface area contributed by atoms with Crippen LogP contribution in [0.2, 0.25) is 0 Å². The number of hydrogen-bond donors (Lipinski definition) is 2. The SMILES string of the molecule is CC1(CNS(=O)(=O)c2ccc(N)cc2[N+](=O)[O-])CCC1. The van der Waals surface area contributed by atoms with Crippen molar-refractivity contribution in [3.05, 3.63) is 28.3 Å². The van der Waals surface area contributed by atoms with Crippen molar-refractivity contribution in [1.29, 1.82) is 0 Å². The number of nitrogens with zero attached hydrogens (tertiary/aromatic N) is 1. The highest BCUT2D eigenvalue weighted by Gasteiger charge is 2.34. The predicted octanol–water partition coefficient (Wildman–Crippen LogP) is 1.65. The molecule has 0 amide bonds. The van der Waals surface area contributed by atoms with E-state index in [1.54, 1.807) is 0 Å². The molecule has 110 valence electrons. The Hall–Kier alpha value is -1.67. The molecule has 20 heavy (non-hydrogen) atoms. The summed E-state index contributed by atoms with van der Waals surface area (Å²) in [7, 11) is -3.91. The second kappa shape index (κ2) is 5.02. The molecular weight excluding hydrogens is 282 g/mol. The number of rotatable bonds is 5. The van der Waals surface area contributed by atoms with E-state index >= 15 is 0 Å². The van der Waals surface area contributed by atoms with Gasteiger partial charge in [0.1, 0.15) is 0 Å². The maximum absolute atomic E-state index is 12.2. The van der Waals surface area contributed by atoms with Gasteiger partial charge in [0.15, 0.2) is 4.90 Å². The Morgan fingerprint density at radius 1 is 1.45 bits per heavy atom. The number of nitro groups is 1. The lowest BCUT2D eigenvalue weighted by atomic mass is 9.71. The maximum atomic E-state index is 12.2. The Kier molecular flexibility index (Phi) is 3.70. The Balaban J connectivity index is 2.27. The first kappa shape index (κ1) is 14.7. The number of nitrogens with two attached hydrogens (primary N) is 1. The lowest BCUT2D eigenvalue weighted by Crippen LogP contribution is -2.40. The monoisotopic (exact) mass is 299 g/mol. The second-order valence-corrected chi connectivity index (χ2v) is 7.21. The first-order valence-electron chi connectivity index (χ1n) is 6.27. The van der Waals surface area contributed by atoms with Gasteiger partial charge in [-0.25, -0.2) is 13.1 Å². The Morgan fingerprint density at radius 3 is 2.60 bits per heavy atom. The van der Waals surface area contributed by atoms with Gasteiger partial charge in [0, 0.05) is 18.3 Å². The fourth-order valence-electron chi connectivity index (χ4n) is 2.21.